The number of fused-ring (bicyclic) bond motifs is 1. The molecule has 1 aromatic heterocycles. The molecule has 2 heterocycles. The van der Waals surface area contributed by atoms with E-state index in [0.717, 1.165) is 49.4 Å². The molecule has 3 atom stereocenters. The molecule has 1 saturated heterocycles. The van der Waals surface area contributed by atoms with Crippen molar-refractivity contribution in [3.63, 3.8) is 0 Å². The van der Waals surface area contributed by atoms with Crippen LogP contribution < -0.4 is 21.5 Å². The van der Waals surface area contributed by atoms with Crippen molar-refractivity contribution in [2.75, 3.05) is 18.4 Å². The third-order valence-electron chi connectivity index (χ3n) is 9.51. The van der Waals surface area contributed by atoms with E-state index in [9.17, 15) is 14.4 Å². The molecule has 1 aliphatic heterocycles. The monoisotopic (exact) mass is 505 g/mol. The highest BCUT2D eigenvalue weighted by Gasteiger charge is 2.57. The Morgan fingerprint density at radius 1 is 1.03 bits per heavy atom. The lowest BCUT2D eigenvalue weighted by Gasteiger charge is -2.34. The van der Waals surface area contributed by atoms with Crippen LogP contribution in [-0.2, 0) is 9.59 Å². The van der Waals surface area contributed by atoms with Gasteiger partial charge in [-0.25, -0.2) is 4.98 Å². The van der Waals surface area contributed by atoms with Crippen LogP contribution in [-0.4, -0.2) is 40.0 Å². The highest BCUT2D eigenvalue weighted by atomic mass is 16.2. The molecule has 1 aromatic carbocycles. The maximum absolute atomic E-state index is 13.5. The van der Waals surface area contributed by atoms with Crippen molar-refractivity contribution in [2.24, 2.45) is 17.8 Å². The summed E-state index contributed by atoms with van der Waals surface area (Å²) in [6, 6.07) is 4.93. The van der Waals surface area contributed by atoms with Gasteiger partial charge >= 0.3 is 0 Å². The summed E-state index contributed by atoms with van der Waals surface area (Å²) in [5.41, 5.74) is 1.62. The molecule has 2 aromatic rings. The van der Waals surface area contributed by atoms with Crippen LogP contribution in [0.25, 0.3) is 10.9 Å². The molecular formula is C29H39N5O3. The fraction of sp³-hybridized carbons (Fsp3) is 0.655. The molecule has 4 aliphatic carbocycles. The van der Waals surface area contributed by atoms with Crippen LogP contribution in [0.4, 0.5) is 5.69 Å². The number of imide groups is 1. The fourth-order valence-corrected chi connectivity index (χ4v) is 8.05. The highest BCUT2D eigenvalue weighted by molar-refractivity contribution is 5.99. The molecule has 7 rings (SSSR count). The maximum atomic E-state index is 13.5. The number of anilines is 1. The molecular weight excluding hydrogens is 466 g/mol. The topological polar surface area (TPSA) is 105 Å². The summed E-state index contributed by atoms with van der Waals surface area (Å²) in [6.07, 6.45) is 12.4. The first-order valence-corrected chi connectivity index (χ1v) is 14.3. The standard InChI is InChI=1S/C29H39N5O3/c1-18-32-23-8-6-7-22(26(23)28(37)34(18)24-9-10-25(35)33-27(24)36)30-11-4-2-3-5-12-31-29-16-19-13-20(17-29)15-21(29)14-19/h6-8,19-21,24,30-31H,2-5,9-17H2,1H3,(H,33,35,36). The number of hydrogen-bond acceptors (Lipinski definition) is 6. The van der Waals surface area contributed by atoms with Crippen LogP contribution in [0.3, 0.4) is 0 Å². The lowest BCUT2D eigenvalue weighted by atomic mass is 9.80. The normalized spacial score (nSPS) is 30.3. The van der Waals surface area contributed by atoms with Crippen molar-refractivity contribution in [1.29, 1.82) is 0 Å². The minimum absolute atomic E-state index is 0.221. The van der Waals surface area contributed by atoms with Crippen LogP contribution in [0, 0.1) is 24.7 Å². The third kappa shape index (κ3) is 4.58. The zero-order valence-corrected chi connectivity index (χ0v) is 21.9. The number of aromatic nitrogens is 2. The van der Waals surface area contributed by atoms with Gasteiger partial charge in [0.25, 0.3) is 5.56 Å². The van der Waals surface area contributed by atoms with E-state index in [-0.39, 0.29) is 17.9 Å². The first-order chi connectivity index (χ1) is 17.9. The van der Waals surface area contributed by atoms with Crippen LogP contribution in [0.1, 0.15) is 82.5 Å². The summed E-state index contributed by atoms with van der Waals surface area (Å²) in [6.45, 7) is 3.66. The number of piperidine rings is 1. The number of nitrogens with zero attached hydrogens (tertiary/aromatic N) is 2. The van der Waals surface area contributed by atoms with Crippen molar-refractivity contribution in [2.45, 2.75) is 89.1 Å². The molecule has 8 nitrogen and oxygen atoms in total. The van der Waals surface area contributed by atoms with E-state index in [1.807, 2.05) is 18.2 Å². The van der Waals surface area contributed by atoms with Gasteiger partial charge in [-0.3, -0.25) is 24.3 Å². The van der Waals surface area contributed by atoms with Crippen molar-refractivity contribution >= 4 is 28.4 Å². The van der Waals surface area contributed by atoms with Gasteiger partial charge in [-0.15, -0.1) is 0 Å². The van der Waals surface area contributed by atoms with E-state index in [0.29, 0.717) is 28.7 Å². The SMILES string of the molecule is Cc1nc2cccc(NCCCCCCNC34CC5CC(CC3C5)C4)c2c(=O)n1C1CCC(=O)NC1=O. The second kappa shape index (κ2) is 9.86. The summed E-state index contributed by atoms with van der Waals surface area (Å²) in [4.78, 5) is 42.2. The number of benzene rings is 1. The van der Waals surface area contributed by atoms with Crippen molar-refractivity contribution in [1.82, 2.24) is 20.2 Å². The molecule has 3 N–H and O–H groups in total. The number of carbonyl (C=O) groups excluding carboxylic acids is 2. The number of amides is 2. The van der Waals surface area contributed by atoms with Gasteiger partial charge in [0, 0.05) is 24.2 Å². The predicted molar refractivity (Wildman–Crippen MR) is 143 cm³/mol. The first kappa shape index (κ1) is 24.6. The Balaban J connectivity index is 1.02. The Morgan fingerprint density at radius 3 is 2.54 bits per heavy atom. The summed E-state index contributed by atoms with van der Waals surface area (Å²) in [5.74, 6) is 2.69. The van der Waals surface area contributed by atoms with E-state index in [1.165, 1.54) is 49.5 Å². The minimum Gasteiger partial charge on any atom is -0.384 e. The second-order valence-corrected chi connectivity index (χ2v) is 12.0. The zero-order valence-electron chi connectivity index (χ0n) is 21.9. The molecule has 5 aliphatic rings. The predicted octanol–water partition coefficient (Wildman–Crippen LogP) is 3.82. The third-order valence-corrected chi connectivity index (χ3v) is 9.51. The lowest BCUT2D eigenvalue weighted by molar-refractivity contribution is -0.135. The van der Waals surface area contributed by atoms with Gasteiger partial charge in [-0.1, -0.05) is 18.9 Å². The smallest absolute Gasteiger partial charge is 0.264 e. The molecule has 4 bridgehead atoms. The van der Waals surface area contributed by atoms with Gasteiger partial charge in [0.15, 0.2) is 0 Å². The Morgan fingerprint density at radius 2 is 1.78 bits per heavy atom. The maximum Gasteiger partial charge on any atom is 0.264 e. The molecule has 8 heteroatoms. The molecule has 0 spiro atoms. The van der Waals surface area contributed by atoms with E-state index in [1.54, 1.807) is 6.92 Å². The Hall–Kier alpha value is -2.74. The fourth-order valence-electron chi connectivity index (χ4n) is 8.05. The summed E-state index contributed by atoms with van der Waals surface area (Å²) >= 11 is 0. The number of nitrogens with one attached hydrogen (secondary N) is 3. The van der Waals surface area contributed by atoms with E-state index in [2.05, 4.69) is 20.9 Å². The zero-order chi connectivity index (χ0) is 25.6. The van der Waals surface area contributed by atoms with E-state index >= 15 is 0 Å². The van der Waals surface area contributed by atoms with Gasteiger partial charge in [0.2, 0.25) is 11.8 Å². The van der Waals surface area contributed by atoms with Gasteiger partial charge in [0.05, 0.1) is 10.9 Å². The number of aryl methyl sites for hydroxylation is 1. The average molecular weight is 506 g/mol. The van der Waals surface area contributed by atoms with E-state index in [4.69, 9.17) is 0 Å². The Bertz CT molecular complexity index is 1260. The van der Waals surface area contributed by atoms with Crippen molar-refractivity contribution in [3.8, 4) is 0 Å². The van der Waals surface area contributed by atoms with Crippen LogP contribution in [0.15, 0.2) is 23.0 Å². The Kier molecular flexibility index (Phi) is 6.55. The number of unbranched alkanes of at least 4 members (excludes halogenated alkanes) is 3. The highest BCUT2D eigenvalue weighted by Crippen LogP contribution is 2.60. The quantitative estimate of drug-likeness (QED) is 0.335. The molecule has 4 saturated carbocycles. The van der Waals surface area contributed by atoms with E-state index < -0.39 is 11.9 Å². The second-order valence-electron chi connectivity index (χ2n) is 12.0. The molecule has 0 radical (unpaired) electrons. The summed E-state index contributed by atoms with van der Waals surface area (Å²) < 4.78 is 1.45. The van der Waals surface area contributed by atoms with Crippen molar-refractivity contribution < 1.29 is 9.59 Å². The molecule has 37 heavy (non-hydrogen) atoms. The number of hydrogen-bond donors (Lipinski definition) is 3. The van der Waals surface area contributed by atoms with Gasteiger partial charge in [0.1, 0.15) is 11.9 Å². The first-order valence-electron chi connectivity index (χ1n) is 14.3. The summed E-state index contributed by atoms with van der Waals surface area (Å²) in [7, 11) is 0. The molecule has 198 valence electrons. The van der Waals surface area contributed by atoms with Crippen LogP contribution >= 0.6 is 0 Å². The molecule has 2 amide bonds. The minimum atomic E-state index is -0.710. The summed E-state index contributed by atoms with van der Waals surface area (Å²) in [5, 5.41) is 10.3. The van der Waals surface area contributed by atoms with Crippen LogP contribution in [0.5, 0.6) is 0 Å². The average Bonchev–Trinajstić information content (AvgIpc) is 3.24. The van der Waals surface area contributed by atoms with Crippen LogP contribution in [0.2, 0.25) is 0 Å². The largest absolute Gasteiger partial charge is 0.384 e. The Labute approximate surface area is 218 Å². The lowest BCUT2D eigenvalue weighted by Crippen LogP contribution is -2.46. The molecule has 3 unspecified atom stereocenters. The van der Waals surface area contributed by atoms with Crippen molar-refractivity contribution in [3.05, 3.63) is 34.4 Å². The van der Waals surface area contributed by atoms with Gasteiger partial charge in [-0.05, 0) is 94.7 Å². The number of carbonyl (C=O) groups is 2. The number of rotatable bonds is 10. The van der Waals surface area contributed by atoms with Gasteiger partial charge in [-0.2, -0.15) is 0 Å². The molecule has 5 fully saturated rings. The van der Waals surface area contributed by atoms with Gasteiger partial charge < -0.3 is 10.6 Å².